The highest BCUT2D eigenvalue weighted by atomic mass is 35.5. The lowest BCUT2D eigenvalue weighted by Crippen LogP contribution is -2.28. The van der Waals surface area contributed by atoms with Gasteiger partial charge in [-0.3, -0.25) is 4.57 Å². The van der Waals surface area contributed by atoms with Crippen molar-refractivity contribution in [3.05, 3.63) is 103 Å². The van der Waals surface area contributed by atoms with Gasteiger partial charge in [0.1, 0.15) is 5.75 Å². The second-order valence-corrected chi connectivity index (χ2v) is 9.84. The van der Waals surface area contributed by atoms with Gasteiger partial charge >= 0.3 is 5.69 Å². The topological polar surface area (TPSA) is 73.8 Å². The predicted molar refractivity (Wildman–Crippen MR) is 149 cm³/mol. The Hall–Kier alpha value is -3.39. The minimum atomic E-state index is -0.244. The Kier molecular flexibility index (Phi) is 7.46. The standard InChI is InChI=1S/C27H22Cl3N5O2/c1-37-22-11-5-17(6-12-22)15-34-26(18-7-9-19(28)10-8-18)33-35(27(34)36)16-21-13-20(31-32-21)14-23-24(29)3-2-4-25(23)30/h2-12H,13-16H2,1H3. The highest BCUT2D eigenvalue weighted by molar-refractivity contribution is 6.36. The summed E-state index contributed by atoms with van der Waals surface area (Å²) < 4.78 is 8.32. The first-order valence-electron chi connectivity index (χ1n) is 11.5. The van der Waals surface area contributed by atoms with Crippen LogP contribution in [0.2, 0.25) is 15.1 Å². The molecule has 0 radical (unpaired) electrons. The van der Waals surface area contributed by atoms with Gasteiger partial charge in [0.05, 0.1) is 31.6 Å². The summed E-state index contributed by atoms with van der Waals surface area (Å²) in [5.74, 6) is 1.29. The zero-order chi connectivity index (χ0) is 25.9. The van der Waals surface area contributed by atoms with Crippen LogP contribution in [0, 0.1) is 0 Å². The zero-order valence-electron chi connectivity index (χ0n) is 19.9. The van der Waals surface area contributed by atoms with Gasteiger partial charge in [-0.05, 0) is 59.7 Å². The SMILES string of the molecule is COc1ccc(Cn2c(-c3ccc(Cl)cc3)nn(CC3=NN=C(Cc4c(Cl)cccc4Cl)C3)c2=O)cc1. The molecular weight excluding hydrogens is 533 g/mol. The van der Waals surface area contributed by atoms with Crippen molar-refractivity contribution < 1.29 is 4.74 Å². The first-order chi connectivity index (χ1) is 17.9. The van der Waals surface area contributed by atoms with Crippen LogP contribution in [0.3, 0.4) is 0 Å². The first-order valence-corrected chi connectivity index (χ1v) is 12.6. The number of hydrogen-bond donors (Lipinski definition) is 0. The Morgan fingerprint density at radius 2 is 1.54 bits per heavy atom. The molecule has 0 saturated carbocycles. The summed E-state index contributed by atoms with van der Waals surface area (Å²) in [6.07, 6.45) is 0.998. The Labute approximate surface area is 228 Å². The largest absolute Gasteiger partial charge is 0.497 e. The van der Waals surface area contributed by atoms with Gasteiger partial charge in [0, 0.05) is 33.5 Å². The molecule has 3 aromatic carbocycles. The van der Waals surface area contributed by atoms with Crippen LogP contribution in [-0.4, -0.2) is 32.9 Å². The van der Waals surface area contributed by atoms with Gasteiger partial charge in [-0.25, -0.2) is 9.48 Å². The molecule has 10 heteroatoms. The molecule has 2 heterocycles. The number of benzene rings is 3. The molecule has 188 valence electrons. The number of nitrogens with zero attached hydrogens (tertiary/aromatic N) is 5. The highest BCUT2D eigenvalue weighted by Crippen LogP contribution is 2.26. The molecule has 0 amide bonds. The molecule has 7 nitrogen and oxygen atoms in total. The van der Waals surface area contributed by atoms with Crippen molar-refractivity contribution in [3.63, 3.8) is 0 Å². The van der Waals surface area contributed by atoms with Gasteiger partial charge in [0.25, 0.3) is 0 Å². The average Bonchev–Trinajstić information content (AvgIpc) is 3.47. The van der Waals surface area contributed by atoms with Crippen LogP contribution in [0.25, 0.3) is 11.4 Å². The van der Waals surface area contributed by atoms with Crippen LogP contribution < -0.4 is 10.4 Å². The minimum Gasteiger partial charge on any atom is -0.497 e. The fourth-order valence-electron chi connectivity index (χ4n) is 4.12. The molecule has 0 N–H and O–H groups in total. The second-order valence-electron chi connectivity index (χ2n) is 8.59. The Morgan fingerprint density at radius 1 is 0.865 bits per heavy atom. The third-order valence-corrected chi connectivity index (χ3v) is 7.00. The van der Waals surface area contributed by atoms with E-state index in [1.807, 2.05) is 36.4 Å². The van der Waals surface area contributed by atoms with Crippen LogP contribution in [0.15, 0.2) is 81.7 Å². The number of rotatable bonds is 8. The van der Waals surface area contributed by atoms with E-state index in [0.29, 0.717) is 40.3 Å². The highest BCUT2D eigenvalue weighted by Gasteiger charge is 2.21. The molecule has 1 aromatic heterocycles. The minimum absolute atomic E-state index is 0.221. The molecule has 5 rings (SSSR count). The van der Waals surface area contributed by atoms with Crippen LogP contribution in [0.1, 0.15) is 17.5 Å². The Morgan fingerprint density at radius 3 is 2.22 bits per heavy atom. The molecule has 1 aliphatic heterocycles. The zero-order valence-corrected chi connectivity index (χ0v) is 22.1. The van der Waals surface area contributed by atoms with E-state index < -0.39 is 0 Å². The van der Waals surface area contributed by atoms with Crippen LogP contribution >= 0.6 is 34.8 Å². The Balaban J connectivity index is 1.39. The van der Waals surface area contributed by atoms with Crippen molar-refractivity contribution in [2.24, 2.45) is 10.2 Å². The molecular formula is C27H22Cl3N5O2. The fourth-order valence-corrected chi connectivity index (χ4v) is 4.78. The van der Waals surface area contributed by atoms with Gasteiger partial charge in [-0.15, -0.1) is 5.10 Å². The van der Waals surface area contributed by atoms with Crippen LogP contribution in [-0.2, 0) is 19.5 Å². The number of halogens is 3. The van der Waals surface area contributed by atoms with Crippen molar-refractivity contribution in [2.75, 3.05) is 7.11 Å². The van der Waals surface area contributed by atoms with Gasteiger partial charge in [-0.1, -0.05) is 53.0 Å². The Bertz CT molecular complexity index is 1530. The van der Waals surface area contributed by atoms with Crippen molar-refractivity contribution in [2.45, 2.75) is 25.9 Å². The van der Waals surface area contributed by atoms with Crippen molar-refractivity contribution >= 4 is 46.2 Å². The first kappa shape index (κ1) is 25.3. The van der Waals surface area contributed by atoms with Crippen LogP contribution in [0.5, 0.6) is 5.75 Å². The fraction of sp³-hybridized carbons (Fsp3) is 0.185. The van der Waals surface area contributed by atoms with Gasteiger partial charge in [0.2, 0.25) is 0 Å². The molecule has 37 heavy (non-hydrogen) atoms. The van der Waals surface area contributed by atoms with Gasteiger partial charge in [-0.2, -0.15) is 10.2 Å². The molecule has 0 atom stereocenters. The summed E-state index contributed by atoms with van der Waals surface area (Å²) in [4.78, 5) is 13.5. The maximum atomic E-state index is 13.5. The quantitative estimate of drug-likeness (QED) is 0.261. The molecule has 0 unspecified atom stereocenters. The number of ether oxygens (including phenoxy) is 1. The summed E-state index contributed by atoms with van der Waals surface area (Å²) in [6, 6.07) is 20.2. The normalized spacial score (nSPS) is 13.0. The van der Waals surface area contributed by atoms with E-state index >= 15 is 0 Å². The smallest absolute Gasteiger partial charge is 0.346 e. The molecule has 0 spiro atoms. The average molecular weight is 555 g/mol. The molecule has 0 bridgehead atoms. The van der Waals surface area contributed by atoms with Gasteiger partial charge < -0.3 is 4.74 Å². The van der Waals surface area contributed by atoms with Crippen molar-refractivity contribution in [1.82, 2.24) is 14.3 Å². The maximum absolute atomic E-state index is 13.5. The maximum Gasteiger partial charge on any atom is 0.346 e. The van der Waals surface area contributed by atoms with E-state index in [4.69, 9.17) is 39.5 Å². The molecule has 0 aliphatic carbocycles. The third kappa shape index (κ3) is 5.64. The lowest BCUT2D eigenvalue weighted by atomic mass is 10.0. The summed E-state index contributed by atoms with van der Waals surface area (Å²) in [5.41, 5.74) is 3.86. The third-order valence-electron chi connectivity index (χ3n) is 6.04. The van der Waals surface area contributed by atoms with E-state index in [2.05, 4.69) is 15.3 Å². The van der Waals surface area contributed by atoms with Crippen molar-refractivity contribution in [1.29, 1.82) is 0 Å². The van der Waals surface area contributed by atoms with Gasteiger partial charge in [0.15, 0.2) is 5.82 Å². The van der Waals surface area contributed by atoms with E-state index in [1.54, 1.807) is 42.0 Å². The summed E-state index contributed by atoms with van der Waals surface area (Å²) in [6.45, 7) is 0.568. The number of methoxy groups -OCH3 is 1. The lowest BCUT2D eigenvalue weighted by molar-refractivity contribution is 0.414. The molecule has 4 aromatic rings. The van der Waals surface area contributed by atoms with E-state index in [-0.39, 0.29) is 12.2 Å². The van der Waals surface area contributed by atoms with Crippen LogP contribution in [0.4, 0.5) is 0 Å². The monoisotopic (exact) mass is 553 g/mol. The summed E-state index contributed by atoms with van der Waals surface area (Å²) in [5, 5.41) is 15.1. The summed E-state index contributed by atoms with van der Waals surface area (Å²) >= 11 is 18.7. The molecule has 0 saturated heterocycles. The molecule has 1 aliphatic rings. The van der Waals surface area contributed by atoms with E-state index in [0.717, 1.165) is 33.9 Å². The number of hydrogen-bond acceptors (Lipinski definition) is 5. The number of aromatic nitrogens is 3. The second kappa shape index (κ2) is 10.9. The molecule has 0 fully saturated rings. The van der Waals surface area contributed by atoms with E-state index in [9.17, 15) is 4.79 Å². The van der Waals surface area contributed by atoms with E-state index in [1.165, 1.54) is 4.68 Å². The predicted octanol–water partition coefficient (Wildman–Crippen LogP) is 6.17. The van der Waals surface area contributed by atoms with Crippen molar-refractivity contribution in [3.8, 4) is 17.1 Å². The lowest BCUT2D eigenvalue weighted by Gasteiger charge is -2.07. The summed E-state index contributed by atoms with van der Waals surface area (Å²) in [7, 11) is 1.62.